The first-order valence-corrected chi connectivity index (χ1v) is 5.92. The summed E-state index contributed by atoms with van der Waals surface area (Å²) in [7, 11) is 0. The summed E-state index contributed by atoms with van der Waals surface area (Å²) in [6.45, 7) is 6.33. The molecule has 0 heterocycles. The Labute approximate surface area is 97.3 Å². The number of carboxylic acids is 1. The zero-order valence-corrected chi connectivity index (χ0v) is 10.2. The van der Waals surface area contributed by atoms with Crippen LogP contribution in [-0.4, -0.2) is 5.97 Å². The molecule has 0 spiro atoms. The van der Waals surface area contributed by atoms with Crippen LogP contribution in [0.4, 0.5) is 0 Å². The van der Waals surface area contributed by atoms with Gasteiger partial charge in [-0.15, -0.1) is 0 Å². The van der Waals surface area contributed by atoms with E-state index in [1.807, 2.05) is 12.1 Å². The van der Waals surface area contributed by atoms with Gasteiger partial charge in [-0.2, -0.15) is 0 Å². The van der Waals surface area contributed by atoms with Crippen LogP contribution < -0.4 is 5.11 Å². The highest BCUT2D eigenvalue weighted by molar-refractivity contribution is 5.88. The van der Waals surface area contributed by atoms with Gasteiger partial charge in [-0.05, 0) is 30.2 Å². The first kappa shape index (κ1) is 12.8. The standard InChI is InChI=1S/C14H20O2/c1-4-14(5-2,6-3)12-10-8-7-9-11(12)13(15)16/h7-10H,4-6H2,1-3H3,(H,15,16)/p-1. The maximum absolute atomic E-state index is 11.1. The van der Waals surface area contributed by atoms with Gasteiger partial charge in [-0.3, -0.25) is 0 Å². The molecule has 0 atom stereocenters. The minimum atomic E-state index is -1.07. The highest BCUT2D eigenvalue weighted by Gasteiger charge is 2.28. The fraction of sp³-hybridized carbons (Fsp3) is 0.500. The smallest absolute Gasteiger partial charge is 0.0718 e. The Morgan fingerprint density at radius 3 is 2.06 bits per heavy atom. The largest absolute Gasteiger partial charge is 0.545 e. The summed E-state index contributed by atoms with van der Waals surface area (Å²) >= 11 is 0. The van der Waals surface area contributed by atoms with Gasteiger partial charge >= 0.3 is 0 Å². The zero-order chi connectivity index (χ0) is 12.2. The minimum Gasteiger partial charge on any atom is -0.545 e. The lowest BCUT2D eigenvalue weighted by Gasteiger charge is -2.33. The third-order valence-electron chi connectivity index (χ3n) is 3.75. The maximum atomic E-state index is 11.1. The van der Waals surface area contributed by atoms with Crippen molar-refractivity contribution in [3.63, 3.8) is 0 Å². The molecule has 1 aromatic carbocycles. The predicted octanol–water partition coefficient (Wildman–Crippen LogP) is 2.52. The highest BCUT2D eigenvalue weighted by atomic mass is 16.4. The van der Waals surface area contributed by atoms with Crippen molar-refractivity contribution < 1.29 is 9.90 Å². The van der Waals surface area contributed by atoms with E-state index >= 15 is 0 Å². The molecule has 0 aliphatic carbocycles. The number of carbonyl (C=O) groups is 1. The van der Waals surface area contributed by atoms with Crippen LogP contribution in [0.15, 0.2) is 24.3 Å². The van der Waals surface area contributed by atoms with Crippen molar-refractivity contribution in [1.82, 2.24) is 0 Å². The van der Waals surface area contributed by atoms with Crippen molar-refractivity contribution in [2.45, 2.75) is 45.4 Å². The van der Waals surface area contributed by atoms with Gasteiger partial charge in [0.15, 0.2) is 0 Å². The van der Waals surface area contributed by atoms with E-state index < -0.39 is 5.97 Å². The van der Waals surface area contributed by atoms with Gasteiger partial charge in [-0.25, -0.2) is 0 Å². The lowest BCUT2D eigenvalue weighted by atomic mass is 9.72. The molecule has 0 aliphatic rings. The summed E-state index contributed by atoms with van der Waals surface area (Å²) in [4.78, 5) is 11.1. The molecule has 0 aliphatic heterocycles. The van der Waals surface area contributed by atoms with Gasteiger partial charge in [0, 0.05) is 5.56 Å². The van der Waals surface area contributed by atoms with Crippen LogP contribution >= 0.6 is 0 Å². The molecule has 0 radical (unpaired) electrons. The second-order valence-electron chi connectivity index (χ2n) is 4.17. The monoisotopic (exact) mass is 219 g/mol. The molecule has 1 aromatic rings. The van der Waals surface area contributed by atoms with Crippen molar-refractivity contribution in [3.8, 4) is 0 Å². The lowest BCUT2D eigenvalue weighted by Crippen LogP contribution is -2.30. The van der Waals surface area contributed by atoms with Gasteiger partial charge in [0.2, 0.25) is 0 Å². The summed E-state index contributed by atoms with van der Waals surface area (Å²) in [6, 6.07) is 7.21. The maximum Gasteiger partial charge on any atom is 0.0718 e. The summed E-state index contributed by atoms with van der Waals surface area (Å²) in [5.41, 5.74) is 1.23. The molecule has 16 heavy (non-hydrogen) atoms. The fourth-order valence-corrected chi connectivity index (χ4v) is 2.44. The normalized spacial score (nSPS) is 11.4. The lowest BCUT2D eigenvalue weighted by molar-refractivity contribution is -0.255. The quantitative estimate of drug-likeness (QED) is 0.763. The first-order chi connectivity index (χ1) is 7.61. The molecule has 0 unspecified atom stereocenters. The van der Waals surface area contributed by atoms with Crippen LogP contribution in [-0.2, 0) is 5.41 Å². The van der Waals surface area contributed by atoms with Crippen LogP contribution in [0.2, 0.25) is 0 Å². The van der Waals surface area contributed by atoms with Crippen molar-refractivity contribution >= 4 is 5.97 Å². The van der Waals surface area contributed by atoms with Crippen LogP contribution in [0.5, 0.6) is 0 Å². The van der Waals surface area contributed by atoms with Crippen molar-refractivity contribution in [2.75, 3.05) is 0 Å². The molecule has 88 valence electrons. The number of carboxylic acid groups (broad SMARTS) is 1. The predicted molar refractivity (Wildman–Crippen MR) is 63.3 cm³/mol. The van der Waals surface area contributed by atoms with Gasteiger partial charge < -0.3 is 9.90 Å². The summed E-state index contributed by atoms with van der Waals surface area (Å²) < 4.78 is 0. The molecule has 0 saturated carbocycles. The summed E-state index contributed by atoms with van der Waals surface area (Å²) in [5, 5.41) is 11.1. The van der Waals surface area contributed by atoms with Gasteiger partial charge in [-0.1, -0.05) is 45.0 Å². The number of benzene rings is 1. The highest BCUT2D eigenvalue weighted by Crippen LogP contribution is 2.36. The average Bonchev–Trinajstić information content (AvgIpc) is 2.32. The number of carbonyl (C=O) groups excluding carboxylic acids is 1. The Balaban J connectivity index is 3.34. The molecule has 0 saturated heterocycles. The zero-order valence-electron chi connectivity index (χ0n) is 10.2. The van der Waals surface area contributed by atoms with Gasteiger partial charge in [0.05, 0.1) is 5.97 Å². The van der Waals surface area contributed by atoms with E-state index in [-0.39, 0.29) is 5.41 Å². The van der Waals surface area contributed by atoms with Crippen molar-refractivity contribution in [3.05, 3.63) is 35.4 Å². The molecule has 1 rings (SSSR count). The molecule has 0 aromatic heterocycles. The van der Waals surface area contributed by atoms with Crippen molar-refractivity contribution in [2.24, 2.45) is 0 Å². The van der Waals surface area contributed by atoms with E-state index in [2.05, 4.69) is 20.8 Å². The third kappa shape index (κ3) is 2.11. The molecular weight excluding hydrogens is 200 g/mol. The van der Waals surface area contributed by atoms with E-state index in [9.17, 15) is 9.90 Å². The van der Waals surface area contributed by atoms with Crippen LogP contribution in [0.25, 0.3) is 0 Å². The second-order valence-corrected chi connectivity index (χ2v) is 4.17. The molecular formula is C14H19O2-. The third-order valence-corrected chi connectivity index (χ3v) is 3.75. The molecule has 0 amide bonds. The number of hydrogen-bond donors (Lipinski definition) is 0. The minimum absolute atomic E-state index is 0.0311. The number of rotatable bonds is 5. The molecule has 0 N–H and O–H groups in total. The van der Waals surface area contributed by atoms with E-state index in [1.165, 1.54) is 0 Å². The Morgan fingerprint density at radius 2 is 1.62 bits per heavy atom. The Bertz CT molecular complexity index is 356. The van der Waals surface area contributed by atoms with Gasteiger partial charge in [0.25, 0.3) is 0 Å². The number of aromatic carboxylic acids is 1. The van der Waals surface area contributed by atoms with E-state index in [1.54, 1.807) is 12.1 Å². The molecule has 0 bridgehead atoms. The fourth-order valence-electron chi connectivity index (χ4n) is 2.44. The van der Waals surface area contributed by atoms with E-state index in [4.69, 9.17) is 0 Å². The molecule has 2 nitrogen and oxygen atoms in total. The topological polar surface area (TPSA) is 40.1 Å². The molecule has 2 heteroatoms. The number of hydrogen-bond acceptors (Lipinski definition) is 2. The first-order valence-electron chi connectivity index (χ1n) is 5.92. The summed E-state index contributed by atoms with van der Waals surface area (Å²) in [6.07, 6.45) is 2.85. The molecule has 0 fully saturated rings. The Hall–Kier alpha value is -1.31. The van der Waals surface area contributed by atoms with E-state index in [0.717, 1.165) is 24.8 Å². The van der Waals surface area contributed by atoms with Crippen LogP contribution in [0.3, 0.4) is 0 Å². The second kappa shape index (κ2) is 5.15. The average molecular weight is 219 g/mol. The Kier molecular flexibility index (Phi) is 4.11. The van der Waals surface area contributed by atoms with E-state index in [0.29, 0.717) is 5.56 Å². The van der Waals surface area contributed by atoms with Crippen LogP contribution in [0, 0.1) is 0 Å². The van der Waals surface area contributed by atoms with Crippen LogP contribution in [0.1, 0.15) is 56.0 Å². The SMILES string of the molecule is CCC(CC)(CC)c1ccccc1C(=O)[O-]. The van der Waals surface area contributed by atoms with Gasteiger partial charge in [0.1, 0.15) is 0 Å². The van der Waals surface area contributed by atoms with Crippen molar-refractivity contribution in [1.29, 1.82) is 0 Å². The Morgan fingerprint density at radius 1 is 1.12 bits per heavy atom. The summed E-state index contributed by atoms with van der Waals surface area (Å²) in [5.74, 6) is -1.07.